The van der Waals surface area contributed by atoms with E-state index < -0.39 is 0 Å². The minimum atomic E-state index is -0.150. The number of rotatable bonds is 3. The van der Waals surface area contributed by atoms with Gasteiger partial charge in [0.05, 0.1) is 15.4 Å². The van der Waals surface area contributed by atoms with Gasteiger partial charge >= 0.3 is 0 Å². The van der Waals surface area contributed by atoms with Crippen LogP contribution in [0.2, 0.25) is 4.34 Å². The van der Waals surface area contributed by atoms with Gasteiger partial charge in [0, 0.05) is 17.3 Å². The molecule has 0 saturated heterocycles. The molecule has 0 bridgehead atoms. The first-order valence-corrected chi connectivity index (χ1v) is 8.21. The molecule has 0 N–H and O–H groups in total. The van der Waals surface area contributed by atoms with Gasteiger partial charge in [0.2, 0.25) is 0 Å². The van der Waals surface area contributed by atoms with Gasteiger partial charge in [-0.1, -0.05) is 23.7 Å². The summed E-state index contributed by atoms with van der Waals surface area (Å²) in [5, 5.41) is 0.903. The van der Waals surface area contributed by atoms with E-state index in [4.69, 9.17) is 16.0 Å². The predicted octanol–water partition coefficient (Wildman–Crippen LogP) is 5.18. The van der Waals surface area contributed by atoms with Crippen LogP contribution < -0.4 is 0 Å². The zero-order valence-electron chi connectivity index (χ0n) is 11.1. The molecule has 0 fully saturated rings. The number of hydrogen-bond acceptors (Lipinski definition) is 3. The van der Waals surface area contributed by atoms with Gasteiger partial charge in [-0.3, -0.25) is 4.79 Å². The number of carbonyl (C=O) groups excluding carboxylic acids is 1. The summed E-state index contributed by atoms with van der Waals surface area (Å²) in [4.78, 5) is 15.1. The smallest absolute Gasteiger partial charge is 0.289 e. The van der Waals surface area contributed by atoms with Crippen molar-refractivity contribution in [3.8, 4) is 0 Å². The quantitative estimate of drug-likeness (QED) is 0.623. The van der Waals surface area contributed by atoms with Crippen molar-refractivity contribution in [2.75, 3.05) is 7.05 Å². The number of amides is 1. The maximum atomic E-state index is 12.4. The summed E-state index contributed by atoms with van der Waals surface area (Å²) >= 11 is 10.8. The Labute approximate surface area is 139 Å². The highest BCUT2D eigenvalue weighted by Gasteiger charge is 2.18. The zero-order valence-corrected chi connectivity index (χ0v) is 14.3. The third-order valence-corrected chi connectivity index (χ3v) is 4.92. The molecule has 2 heterocycles. The maximum absolute atomic E-state index is 12.4. The number of fused-ring (bicyclic) bond motifs is 1. The molecule has 1 aromatic carbocycles. The van der Waals surface area contributed by atoms with E-state index in [0.717, 1.165) is 19.1 Å². The minimum absolute atomic E-state index is 0.150. The second-order valence-corrected chi connectivity index (χ2v) is 7.29. The fraction of sp³-hybridized carbons (Fsp3) is 0.133. The average Bonchev–Trinajstić information content (AvgIpc) is 3.05. The van der Waals surface area contributed by atoms with Crippen LogP contribution in [0, 0.1) is 0 Å². The molecule has 108 valence electrons. The van der Waals surface area contributed by atoms with Crippen LogP contribution in [0.4, 0.5) is 0 Å². The molecule has 2 aromatic heterocycles. The van der Waals surface area contributed by atoms with Crippen LogP contribution in [0.1, 0.15) is 15.4 Å². The summed E-state index contributed by atoms with van der Waals surface area (Å²) < 4.78 is 7.22. The van der Waals surface area contributed by atoms with E-state index in [1.807, 2.05) is 30.3 Å². The van der Waals surface area contributed by atoms with Gasteiger partial charge in [-0.15, -0.1) is 11.3 Å². The highest BCUT2D eigenvalue weighted by atomic mass is 79.9. The second kappa shape index (κ2) is 5.83. The van der Waals surface area contributed by atoms with Crippen LogP contribution in [0.3, 0.4) is 0 Å². The first-order valence-electron chi connectivity index (χ1n) is 6.22. The number of benzene rings is 1. The molecule has 3 aromatic rings. The van der Waals surface area contributed by atoms with Crippen LogP contribution in [0.15, 0.2) is 45.3 Å². The van der Waals surface area contributed by atoms with Gasteiger partial charge in [-0.25, -0.2) is 0 Å². The Morgan fingerprint density at radius 1 is 1.38 bits per heavy atom. The fourth-order valence-electron chi connectivity index (χ4n) is 2.06. The molecular weight excluding hydrogens is 374 g/mol. The van der Waals surface area contributed by atoms with Gasteiger partial charge in [0.15, 0.2) is 5.76 Å². The number of carbonyl (C=O) groups is 1. The van der Waals surface area contributed by atoms with E-state index in [1.165, 1.54) is 11.3 Å². The van der Waals surface area contributed by atoms with Crippen molar-refractivity contribution >= 4 is 55.7 Å². The Morgan fingerprint density at radius 2 is 2.19 bits per heavy atom. The average molecular weight is 385 g/mol. The Hall–Kier alpha value is -1.30. The van der Waals surface area contributed by atoms with Crippen LogP contribution in [-0.4, -0.2) is 17.9 Å². The SMILES string of the molecule is CN(Cc1ccc(Cl)s1)C(=O)c1cc2cccc(Br)c2o1. The van der Waals surface area contributed by atoms with Crippen molar-refractivity contribution in [3.63, 3.8) is 0 Å². The standard InChI is InChI=1S/C15H11BrClNO2S/c1-18(8-10-5-6-13(17)21-10)15(19)12-7-9-3-2-4-11(16)14(9)20-12/h2-7H,8H2,1H3. The van der Waals surface area contributed by atoms with Crippen molar-refractivity contribution in [2.45, 2.75) is 6.54 Å². The summed E-state index contributed by atoms with van der Waals surface area (Å²) in [6, 6.07) is 11.2. The summed E-state index contributed by atoms with van der Waals surface area (Å²) in [5.74, 6) is 0.185. The Balaban J connectivity index is 1.84. The van der Waals surface area contributed by atoms with E-state index in [2.05, 4.69) is 15.9 Å². The molecule has 0 unspecified atom stereocenters. The Bertz CT molecular complexity index is 811. The van der Waals surface area contributed by atoms with Gasteiger partial charge in [-0.05, 0) is 40.2 Å². The Morgan fingerprint density at radius 3 is 2.86 bits per heavy atom. The number of hydrogen-bond donors (Lipinski definition) is 0. The predicted molar refractivity (Wildman–Crippen MR) is 89.0 cm³/mol. The number of nitrogens with zero attached hydrogens (tertiary/aromatic N) is 1. The molecule has 0 radical (unpaired) electrons. The Kier molecular flexibility index (Phi) is 4.06. The number of furan rings is 1. The lowest BCUT2D eigenvalue weighted by Crippen LogP contribution is -2.25. The third kappa shape index (κ3) is 3.00. The molecule has 21 heavy (non-hydrogen) atoms. The normalized spacial score (nSPS) is 11.0. The van der Waals surface area contributed by atoms with Crippen molar-refractivity contribution in [2.24, 2.45) is 0 Å². The summed E-state index contributed by atoms with van der Waals surface area (Å²) in [6.07, 6.45) is 0. The molecule has 6 heteroatoms. The molecule has 0 atom stereocenters. The highest BCUT2D eigenvalue weighted by Crippen LogP contribution is 2.28. The van der Waals surface area contributed by atoms with Gasteiger partial charge in [0.25, 0.3) is 5.91 Å². The number of halogens is 2. The van der Waals surface area contributed by atoms with Crippen molar-refractivity contribution in [1.82, 2.24) is 4.90 Å². The molecular formula is C15H11BrClNO2S. The molecule has 0 aliphatic rings. The van der Waals surface area contributed by atoms with Crippen molar-refractivity contribution in [3.05, 3.63) is 55.8 Å². The number of para-hydroxylation sites is 1. The minimum Gasteiger partial charge on any atom is -0.450 e. The van der Waals surface area contributed by atoms with Crippen LogP contribution in [0.5, 0.6) is 0 Å². The van der Waals surface area contributed by atoms with E-state index in [-0.39, 0.29) is 5.91 Å². The van der Waals surface area contributed by atoms with Crippen LogP contribution in [0.25, 0.3) is 11.0 Å². The molecule has 3 nitrogen and oxygen atoms in total. The van der Waals surface area contributed by atoms with Gasteiger partial charge in [0.1, 0.15) is 5.58 Å². The third-order valence-electron chi connectivity index (χ3n) is 3.08. The molecule has 0 aliphatic carbocycles. The molecule has 1 amide bonds. The topological polar surface area (TPSA) is 33.5 Å². The lowest BCUT2D eigenvalue weighted by atomic mass is 10.2. The molecule has 0 aliphatic heterocycles. The fourth-order valence-corrected chi connectivity index (χ4v) is 3.67. The van der Waals surface area contributed by atoms with Crippen molar-refractivity contribution < 1.29 is 9.21 Å². The van der Waals surface area contributed by atoms with E-state index >= 15 is 0 Å². The summed E-state index contributed by atoms with van der Waals surface area (Å²) in [7, 11) is 1.75. The molecule has 0 spiro atoms. The van der Waals surface area contributed by atoms with Gasteiger partial charge < -0.3 is 9.32 Å². The maximum Gasteiger partial charge on any atom is 0.289 e. The zero-order chi connectivity index (χ0) is 15.0. The highest BCUT2D eigenvalue weighted by molar-refractivity contribution is 9.10. The lowest BCUT2D eigenvalue weighted by Gasteiger charge is -2.14. The molecule has 0 saturated carbocycles. The van der Waals surface area contributed by atoms with Gasteiger partial charge in [-0.2, -0.15) is 0 Å². The van der Waals surface area contributed by atoms with E-state index in [0.29, 0.717) is 17.9 Å². The second-order valence-electron chi connectivity index (χ2n) is 4.64. The number of thiophene rings is 1. The first kappa shape index (κ1) is 14.6. The largest absolute Gasteiger partial charge is 0.450 e. The van der Waals surface area contributed by atoms with Crippen LogP contribution >= 0.6 is 38.9 Å². The van der Waals surface area contributed by atoms with Crippen molar-refractivity contribution in [1.29, 1.82) is 0 Å². The van der Waals surface area contributed by atoms with E-state index in [1.54, 1.807) is 18.0 Å². The van der Waals surface area contributed by atoms with E-state index in [9.17, 15) is 4.79 Å². The summed E-state index contributed by atoms with van der Waals surface area (Å²) in [5.41, 5.74) is 0.688. The first-order chi connectivity index (χ1) is 10.0. The summed E-state index contributed by atoms with van der Waals surface area (Å²) in [6.45, 7) is 0.508. The van der Waals surface area contributed by atoms with Crippen LogP contribution in [-0.2, 0) is 6.54 Å². The molecule has 3 rings (SSSR count). The monoisotopic (exact) mass is 383 g/mol. The lowest BCUT2D eigenvalue weighted by molar-refractivity contribution is 0.0757.